The molecule has 0 radical (unpaired) electrons. The fourth-order valence-electron chi connectivity index (χ4n) is 2.70. The molecule has 0 bridgehead atoms. The molecule has 0 saturated carbocycles. The Kier molecular flexibility index (Phi) is 6.87. The number of rotatable bonds is 8. The van der Waals surface area contributed by atoms with E-state index in [2.05, 4.69) is 30.7 Å². The van der Waals surface area contributed by atoms with Crippen molar-refractivity contribution in [2.24, 2.45) is 0 Å². The van der Waals surface area contributed by atoms with Gasteiger partial charge in [0.15, 0.2) is 16.1 Å². The molecule has 2 amide bonds. The lowest BCUT2D eigenvalue weighted by molar-refractivity contribution is -0.117. The highest BCUT2D eigenvalue weighted by atomic mass is 32.2. The van der Waals surface area contributed by atoms with Crippen LogP contribution in [0.1, 0.15) is 5.56 Å². The van der Waals surface area contributed by atoms with Gasteiger partial charge in [-0.3, -0.25) is 14.6 Å². The molecule has 0 saturated heterocycles. The summed E-state index contributed by atoms with van der Waals surface area (Å²) in [6.07, 6.45) is 4.91. The van der Waals surface area contributed by atoms with Gasteiger partial charge in [-0.05, 0) is 31.2 Å². The van der Waals surface area contributed by atoms with E-state index < -0.39 is 0 Å². The van der Waals surface area contributed by atoms with E-state index in [1.807, 2.05) is 31.2 Å². The van der Waals surface area contributed by atoms with E-state index in [1.165, 1.54) is 27.8 Å². The Bertz CT molecular complexity index is 1190. The molecule has 0 aliphatic heterocycles. The van der Waals surface area contributed by atoms with Crippen LogP contribution in [0.15, 0.2) is 65.5 Å². The first-order chi connectivity index (χ1) is 15.6. The zero-order valence-corrected chi connectivity index (χ0v) is 18.7. The van der Waals surface area contributed by atoms with Gasteiger partial charge in [-0.1, -0.05) is 29.5 Å². The fourth-order valence-corrected chi connectivity index (χ4v) is 3.99. The third kappa shape index (κ3) is 5.77. The molecule has 4 rings (SSSR count). The minimum absolute atomic E-state index is 0.0560. The Morgan fingerprint density at radius 3 is 2.53 bits per heavy atom. The molecule has 1 aromatic carbocycles. The van der Waals surface area contributed by atoms with Crippen molar-refractivity contribution in [1.29, 1.82) is 0 Å². The summed E-state index contributed by atoms with van der Waals surface area (Å²) in [5.74, 6) is 0.121. The maximum absolute atomic E-state index is 12.5. The molecule has 2 N–H and O–H groups in total. The van der Waals surface area contributed by atoms with Gasteiger partial charge in [0.05, 0.1) is 5.75 Å². The van der Waals surface area contributed by atoms with E-state index in [0.29, 0.717) is 16.1 Å². The second-order valence-electron chi connectivity index (χ2n) is 6.70. The van der Waals surface area contributed by atoms with Gasteiger partial charge in [0.25, 0.3) is 0 Å². The molecule has 3 heterocycles. The molecule has 11 heteroatoms. The number of aromatic nitrogens is 5. The highest BCUT2D eigenvalue weighted by Gasteiger charge is 2.17. The lowest BCUT2D eigenvalue weighted by Gasteiger charge is -2.07. The number of nitrogens with zero attached hydrogens (tertiary/aromatic N) is 5. The van der Waals surface area contributed by atoms with Crippen LogP contribution < -0.4 is 10.6 Å². The average molecular weight is 466 g/mol. The van der Waals surface area contributed by atoms with E-state index in [4.69, 9.17) is 0 Å². The predicted octanol–water partition coefficient (Wildman–Crippen LogP) is 3.47. The lowest BCUT2D eigenvalue weighted by Crippen LogP contribution is -2.20. The van der Waals surface area contributed by atoms with Crippen LogP contribution in [-0.2, 0) is 16.1 Å². The number of carbonyl (C=O) groups excluding carboxylic acids is 2. The number of aryl methyl sites for hydroxylation is 1. The molecular weight excluding hydrogens is 446 g/mol. The van der Waals surface area contributed by atoms with Crippen LogP contribution in [0.25, 0.3) is 11.4 Å². The standard InChI is InChI=1S/C21H19N7O2S2/c1-14-2-4-16(5-3-14)24-18(30)13-32-21-26-19(15-6-8-22-9-7-15)27-28(21)12-17(29)25-20-23-10-11-31-20/h2-11H,12-13H2,1H3,(H,24,30)(H,23,25,29). The summed E-state index contributed by atoms with van der Waals surface area (Å²) in [5, 5.41) is 12.8. The van der Waals surface area contributed by atoms with E-state index in [-0.39, 0.29) is 24.1 Å². The maximum atomic E-state index is 12.5. The molecule has 32 heavy (non-hydrogen) atoms. The quantitative estimate of drug-likeness (QED) is 0.383. The Balaban J connectivity index is 1.47. The van der Waals surface area contributed by atoms with E-state index in [1.54, 1.807) is 36.1 Å². The van der Waals surface area contributed by atoms with Crippen molar-refractivity contribution in [2.45, 2.75) is 18.6 Å². The number of benzene rings is 1. The van der Waals surface area contributed by atoms with Gasteiger partial charge >= 0.3 is 0 Å². The van der Waals surface area contributed by atoms with Crippen LogP contribution in [0.3, 0.4) is 0 Å². The molecule has 0 aliphatic rings. The van der Waals surface area contributed by atoms with Crippen molar-refractivity contribution in [3.8, 4) is 11.4 Å². The van der Waals surface area contributed by atoms with E-state index >= 15 is 0 Å². The summed E-state index contributed by atoms with van der Waals surface area (Å²) in [4.78, 5) is 37.5. The summed E-state index contributed by atoms with van der Waals surface area (Å²) >= 11 is 2.54. The van der Waals surface area contributed by atoms with Crippen molar-refractivity contribution >= 4 is 45.7 Å². The number of nitrogens with one attached hydrogen (secondary N) is 2. The van der Waals surface area contributed by atoms with Gasteiger partial charge in [-0.2, -0.15) is 0 Å². The third-order valence-electron chi connectivity index (χ3n) is 4.22. The largest absolute Gasteiger partial charge is 0.325 e. The van der Waals surface area contributed by atoms with Crippen LogP contribution in [0.5, 0.6) is 0 Å². The summed E-state index contributed by atoms with van der Waals surface area (Å²) < 4.78 is 1.49. The number of pyridine rings is 1. The number of anilines is 2. The topological polar surface area (TPSA) is 115 Å². The molecule has 0 atom stereocenters. The Hall–Kier alpha value is -3.57. The normalized spacial score (nSPS) is 10.7. The summed E-state index contributed by atoms with van der Waals surface area (Å²) in [7, 11) is 0. The monoisotopic (exact) mass is 465 g/mol. The molecule has 0 unspecified atom stereocenters. The minimum atomic E-state index is -0.280. The van der Waals surface area contributed by atoms with Crippen LogP contribution in [0.2, 0.25) is 0 Å². The summed E-state index contributed by atoms with van der Waals surface area (Å²) in [6.45, 7) is 1.93. The van der Waals surface area contributed by atoms with Crippen LogP contribution in [-0.4, -0.2) is 42.3 Å². The first-order valence-corrected chi connectivity index (χ1v) is 11.5. The Morgan fingerprint density at radius 2 is 1.81 bits per heavy atom. The molecule has 0 fully saturated rings. The van der Waals surface area contributed by atoms with E-state index in [9.17, 15) is 9.59 Å². The van der Waals surface area contributed by atoms with E-state index in [0.717, 1.165) is 16.8 Å². The van der Waals surface area contributed by atoms with Crippen molar-refractivity contribution in [3.63, 3.8) is 0 Å². The first kappa shape index (κ1) is 21.7. The molecule has 3 aromatic heterocycles. The lowest BCUT2D eigenvalue weighted by atomic mass is 10.2. The van der Waals surface area contributed by atoms with Crippen molar-refractivity contribution < 1.29 is 9.59 Å². The Labute approximate surface area is 192 Å². The highest BCUT2D eigenvalue weighted by molar-refractivity contribution is 7.99. The maximum Gasteiger partial charge on any atom is 0.247 e. The number of hydrogen-bond acceptors (Lipinski definition) is 8. The first-order valence-electron chi connectivity index (χ1n) is 9.61. The fraction of sp³-hybridized carbons (Fsp3) is 0.143. The molecule has 0 aliphatic carbocycles. The summed E-state index contributed by atoms with van der Waals surface area (Å²) in [5.41, 5.74) is 2.61. The SMILES string of the molecule is Cc1ccc(NC(=O)CSc2nc(-c3ccncc3)nn2CC(=O)Nc2nccs2)cc1. The molecule has 9 nitrogen and oxygen atoms in total. The second kappa shape index (κ2) is 10.2. The number of hydrogen-bond donors (Lipinski definition) is 2. The summed E-state index contributed by atoms with van der Waals surface area (Å²) in [6, 6.07) is 11.1. The van der Waals surface area contributed by atoms with Gasteiger partial charge in [0.2, 0.25) is 11.8 Å². The zero-order chi connectivity index (χ0) is 22.3. The number of amides is 2. The van der Waals surface area contributed by atoms with Gasteiger partial charge in [0, 0.05) is 35.2 Å². The highest BCUT2D eigenvalue weighted by Crippen LogP contribution is 2.22. The smallest absolute Gasteiger partial charge is 0.247 e. The molecule has 162 valence electrons. The van der Waals surface area contributed by atoms with Gasteiger partial charge < -0.3 is 10.6 Å². The van der Waals surface area contributed by atoms with Gasteiger partial charge in [-0.15, -0.1) is 16.4 Å². The molecule has 0 spiro atoms. The van der Waals surface area contributed by atoms with Gasteiger partial charge in [0.1, 0.15) is 6.54 Å². The minimum Gasteiger partial charge on any atom is -0.325 e. The Morgan fingerprint density at radius 1 is 1.03 bits per heavy atom. The van der Waals surface area contributed by atoms with Crippen LogP contribution in [0, 0.1) is 6.92 Å². The predicted molar refractivity (Wildman–Crippen MR) is 125 cm³/mol. The van der Waals surface area contributed by atoms with Crippen molar-refractivity contribution in [1.82, 2.24) is 24.7 Å². The number of thioether (sulfide) groups is 1. The third-order valence-corrected chi connectivity index (χ3v) is 5.87. The van der Waals surface area contributed by atoms with Crippen molar-refractivity contribution in [3.05, 3.63) is 65.9 Å². The second-order valence-corrected chi connectivity index (χ2v) is 8.54. The zero-order valence-electron chi connectivity index (χ0n) is 17.1. The van der Waals surface area contributed by atoms with Crippen LogP contribution >= 0.6 is 23.1 Å². The van der Waals surface area contributed by atoms with Crippen molar-refractivity contribution in [2.75, 3.05) is 16.4 Å². The van der Waals surface area contributed by atoms with Gasteiger partial charge in [-0.25, -0.2) is 14.6 Å². The average Bonchev–Trinajstić information content (AvgIpc) is 3.44. The molecule has 4 aromatic rings. The number of carbonyl (C=O) groups is 2. The number of thiazole rings is 1. The molecular formula is C21H19N7O2S2. The van der Waals surface area contributed by atoms with Crippen LogP contribution in [0.4, 0.5) is 10.8 Å².